The molecule has 0 atom stereocenters. The predicted octanol–water partition coefficient (Wildman–Crippen LogP) is 8.79. The molecule has 0 spiro atoms. The second kappa shape index (κ2) is 8.95. The van der Waals surface area contributed by atoms with Crippen molar-refractivity contribution in [3.05, 3.63) is 138 Å². The van der Waals surface area contributed by atoms with E-state index in [0.29, 0.717) is 0 Å². The first kappa shape index (κ1) is 19.8. The molecule has 0 bridgehead atoms. The summed E-state index contributed by atoms with van der Waals surface area (Å²) in [5.41, 5.74) is 7.16. The number of benzene rings is 5. The number of nitrogens with zero attached hydrogens (tertiary/aromatic N) is 1. The van der Waals surface area contributed by atoms with E-state index >= 15 is 0 Å². The van der Waals surface area contributed by atoms with Crippen LogP contribution in [0.4, 0.5) is 17.1 Å². The Morgan fingerprint density at radius 3 is 1.62 bits per heavy atom. The Kier molecular flexibility index (Phi) is 5.55. The molecule has 0 aliphatic rings. The smallest absolute Gasteiger partial charge is 0.0462 e. The van der Waals surface area contributed by atoms with Crippen molar-refractivity contribution in [2.75, 3.05) is 4.90 Å². The zero-order valence-corrected chi connectivity index (χ0v) is 18.1. The quantitative estimate of drug-likeness (QED) is 0.261. The van der Waals surface area contributed by atoms with Crippen LogP contribution in [0.5, 0.6) is 0 Å². The number of aryl methyl sites for hydroxylation is 1. The normalized spacial score (nSPS) is 11.2. The number of anilines is 3. The van der Waals surface area contributed by atoms with Gasteiger partial charge in [-0.1, -0.05) is 97.1 Å². The molecular formula is C31H25N. The zero-order chi connectivity index (χ0) is 21.8. The van der Waals surface area contributed by atoms with Gasteiger partial charge in [-0.15, -0.1) is 0 Å². The Bertz CT molecular complexity index is 1310. The van der Waals surface area contributed by atoms with Crippen molar-refractivity contribution in [2.24, 2.45) is 0 Å². The molecule has 0 amide bonds. The maximum Gasteiger partial charge on any atom is 0.0462 e. The van der Waals surface area contributed by atoms with E-state index in [4.69, 9.17) is 0 Å². The number of hydrogen-bond donors (Lipinski definition) is 0. The number of para-hydroxylation sites is 2. The average Bonchev–Trinajstić information content (AvgIpc) is 2.86. The maximum atomic E-state index is 2.28. The van der Waals surface area contributed by atoms with E-state index < -0.39 is 0 Å². The van der Waals surface area contributed by atoms with E-state index in [9.17, 15) is 0 Å². The fraction of sp³-hybridized carbons (Fsp3) is 0.0323. The Hall–Kier alpha value is -4.10. The lowest BCUT2D eigenvalue weighted by Crippen LogP contribution is -2.09. The van der Waals surface area contributed by atoms with Crippen molar-refractivity contribution < 1.29 is 0 Å². The van der Waals surface area contributed by atoms with Crippen molar-refractivity contribution in [1.29, 1.82) is 0 Å². The molecule has 5 aromatic carbocycles. The van der Waals surface area contributed by atoms with Gasteiger partial charge in [-0.25, -0.2) is 0 Å². The van der Waals surface area contributed by atoms with Crippen LogP contribution < -0.4 is 4.90 Å². The van der Waals surface area contributed by atoms with Gasteiger partial charge in [0.15, 0.2) is 0 Å². The third-order valence-corrected chi connectivity index (χ3v) is 5.81. The standard InChI is InChI=1S/C31H25N/c1-24-16-20-26(31-15-9-8-14-30(24)31)21-17-25-18-22-29(23-19-25)32(27-10-4-2-5-11-27)28-12-6-3-7-13-28/h2-23H,1H3/b21-17+. The van der Waals surface area contributed by atoms with E-state index in [-0.39, 0.29) is 0 Å². The first-order valence-corrected chi connectivity index (χ1v) is 11.0. The van der Waals surface area contributed by atoms with Gasteiger partial charge < -0.3 is 4.90 Å². The van der Waals surface area contributed by atoms with E-state index in [1.165, 1.54) is 27.5 Å². The summed E-state index contributed by atoms with van der Waals surface area (Å²) in [6.07, 6.45) is 4.40. The lowest BCUT2D eigenvalue weighted by molar-refractivity contribution is 1.28. The number of fused-ring (bicyclic) bond motifs is 1. The van der Waals surface area contributed by atoms with Crippen LogP contribution in [0.25, 0.3) is 22.9 Å². The van der Waals surface area contributed by atoms with Crippen LogP contribution in [-0.4, -0.2) is 0 Å². The topological polar surface area (TPSA) is 3.24 Å². The van der Waals surface area contributed by atoms with Gasteiger partial charge in [0.1, 0.15) is 0 Å². The molecule has 0 unspecified atom stereocenters. The highest BCUT2D eigenvalue weighted by Crippen LogP contribution is 2.34. The Morgan fingerprint density at radius 2 is 1.00 bits per heavy atom. The largest absolute Gasteiger partial charge is 0.311 e. The molecule has 5 rings (SSSR count). The Labute approximate surface area is 189 Å². The van der Waals surface area contributed by atoms with Crippen LogP contribution in [0.15, 0.2) is 121 Å². The van der Waals surface area contributed by atoms with Gasteiger partial charge in [0.25, 0.3) is 0 Å². The SMILES string of the molecule is Cc1ccc(/C=C/c2ccc(N(c3ccccc3)c3ccccc3)cc2)c2ccccc12. The van der Waals surface area contributed by atoms with Crippen molar-refractivity contribution in [2.45, 2.75) is 6.92 Å². The zero-order valence-electron chi connectivity index (χ0n) is 18.1. The van der Waals surface area contributed by atoms with Crippen LogP contribution in [0.1, 0.15) is 16.7 Å². The predicted molar refractivity (Wildman–Crippen MR) is 139 cm³/mol. The fourth-order valence-electron chi connectivity index (χ4n) is 4.14. The third-order valence-electron chi connectivity index (χ3n) is 5.81. The van der Waals surface area contributed by atoms with Crippen LogP contribution >= 0.6 is 0 Å². The van der Waals surface area contributed by atoms with Gasteiger partial charge >= 0.3 is 0 Å². The molecule has 0 fully saturated rings. The molecule has 0 aliphatic carbocycles. The molecule has 5 aromatic rings. The van der Waals surface area contributed by atoms with Crippen LogP contribution in [0.2, 0.25) is 0 Å². The molecule has 0 aromatic heterocycles. The molecule has 0 N–H and O–H groups in total. The summed E-state index contributed by atoms with van der Waals surface area (Å²) in [7, 11) is 0. The first-order chi connectivity index (χ1) is 15.8. The second-order valence-corrected chi connectivity index (χ2v) is 7.95. The highest BCUT2D eigenvalue weighted by atomic mass is 15.1. The molecule has 0 radical (unpaired) electrons. The Morgan fingerprint density at radius 1 is 0.469 bits per heavy atom. The number of rotatable bonds is 5. The number of hydrogen-bond acceptors (Lipinski definition) is 1. The summed E-state index contributed by atoms with van der Waals surface area (Å²) in [4.78, 5) is 2.28. The maximum absolute atomic E-state index is 2.28. The molecule has 32 heavy (non-hydrogen) atoms. The average molecular weight is 412 g/mol. The third kappa shape index (κ3) is 4.06. The van der Waals surface area contributed by atoms with Gasteiger partial charge in [0, 0.05) is 17.1 Å². The molecule has 0 saturated carbocycles. The summed E-state index contributed by atoms with van der Waals surface area (Å²) in [6, 6.07) is 42.7. The van der Waals surface area contributed by atoms with Gasteiger partial charge in [-0.05, 0) is 70.8 Å². The molecule has 0 heterocycles. The van der Waals surface area contributed by atoms with E-state index in [1.807, 2.05) is 0 Å². The minimum atomic E-state index is 1.14. The highest BCUT2D eigenvalue weighted by molar-refractivity contribution is 5.94. The lowest BCUT2D eigenvalue weighted by atomic mass is 9.99. The van der Waals surface area contributed by atoms with Gasteiger partial charge in [0.05, 0.1) is 0 Å². The molecule has 1 nitrogen and oxygen atoms in total. The summed E-state index contributed by atoms with van der Waals surface area (Å²) in [5, 5.41) is 2.60. The van der Waals surface area contributed by atoms with E-state index in [2.05, 4.69) is 145 Å². The molecule has 1 heteroatoms. The first-order valence-electron chi connectivity index (χ1n) is 11.0. The van der Waals surface area contributed by atoms with E-state index in [0.717, 1.165) is 17.1 Å². The van der Waals surface area contributed by atoms with Crippen molar-refractivity contribution in [3.63, 3.8) is 0 Å². The van der Waals surface area contributed by atoms with Gasteiger partial charge in [0.2, 0.25) is 0 Å². The van der Waals surface area contributed by atoms with Crippen LogP contribution in [-0.2, 0) is 0 Å². The summed E-state index contributed by atoms with van der Waals surface area (Å²) >= 11 is 0. The van der Waals surface area contributed by atoms with Crippen LogP contribution in [0, 0.1) is 6.92 Å². The van der Waals surface area contributed by atoms with Crippen molar-refractivity contribution >= 4 is 40.0 Å². The van der Waals surface area contributed by atoms with Gasteiger partial charge in [-0.2, -0.15) is 0 Å². The molecule has 0 aliphatic heterocycles. The van der Waals surface area contributed by atoms with Gasteiger partial charge in [-0.3, -0.25) is 0 Å². The molecule has 154 valence electrons. The second-order valence-electron chi connectivity index (χ2n) is 7.95. The lowest BCUT2D eigenvalue weighted by Gasteiger charge is -2.25. The summed E-state index contributed by atoms with van der Waals surface area (Å²) in [5.74, 6) is 0. The van der Waals surface area contributed by atoms with Crippen molar-refractivity contribution in [1.82, 2.24) is 0 Å². The minimum Gasteiger partial charge on any atom is -0.311 e. The van der Waals surface area contributed by atoms with E-state index in [1.54, 1.807) is 0 Å². The summed E-state index contributed by atoms with van der Waals surface area (Å²) < 4.78 is 0. The minimum absolute atomic E-state index is 1.14. The fourth-order valence-corrected chi connectivity index (χ4v) is 4.14. The van der Waals surface area contributed by atoms with Crippen molar-refractivity contribution in [3.8, 4) is 0 Å². The molecule has 0 saturated heterocycles. The van der Waals surface area contributed by atoms with Crippen LogP contribution in [0.3, 0.4) is 0 Å². The molecular weight excluding hydrogens is 386 g/mol. The monoisotopic (exact) mass is 411 g/mol. The highest BCUT2D eigenvalue weighted by Gasteiger charge is 2.11. The Balaban J connectivity index is 1.47. The summed E-state index contributed by atoms with van der Waals surface area (Å²) in [6.45, 7) is 2.17.